The average molecular weight is 308 g/mol. The van der Waals surface area contributed by atoms with E-state index in [1.165, 1.54) is 45.2 Å². The van der Waals surface area contributed by atoms with Crippen LogP contribution < -0.4 is 0 Å². The molecule has 3 aliphatic rings. The van der Waals surface area contributed by atoms with Crippen LogP contribution in [0.5, 0.6) is 0 Å². The van der Waals surface area contributed by atoms with Crippen LogP contribution in [0.3, 0.4) is 0 Å². The van der Waals surface area contributed by atoms with Crippen LogP contribution in [-0.4, -0.2) is 60.1 Å². The van der Waals surface area contributed by atoms with E-state index in [9.17, 15) is 9.90 Å². The Labute approximate surface area is 134 Å². The molecular weight excluding hydrogens is 276 g/mol. The highest BCUT2D eigenvalue weighted by Gasteiger charge is 2.37. The fraction of sp³-hybridized carbons (Fsp3) is 0.944. The molecule has 0 aromatic heterocycles. The predicted octanol–water partition coefficient (Wildman–Crippen LogP) is 2.12. The number of amides is 1. The molecule has 3 rings (SSSR count). The van der Waals surface area contributed by atoms with E-state index >= 15 is 0 Å². The van der Waals surface area contributed by atoms with E-state index in [1.54, 1.807) is 0 Å². The van der Waals surface area contributed by atoms with Crippen LogP contribution in [0.4, 0.5) is 0 Å². The zero-order valence-corrected chi connectivity index (χ0v) is 14.0. The maximum Gasteiger partial charge on any atom is 0.251 e. The maximum atomic E-state index is 12.6. The first-order chi connectivity index (χ1) is 10.6. The van der Waals surface area contributed by atoms with Gasteiger partial charge in [-0.15, -0.1) is 0 Å². The van der Waals surface area contributed by atoms with Crippen molar-refractivity contribution in [1.29, 1.82) is 0 Å². The van der Waals surface area contributed by atoms with E-state index in [2.05, 4.69) is 11.9 Å². The van der Waals surface area contributed by atoms with Gasteiger partial charge < -0.3 is 14.9 Å². The molecule has 0 aromatic rings. The second-order valence-electron chi connectivity index (χ2n) is 7.82. The normalized spacial score (nSPS) is 30.6. The molecule has 1 aliphatic carbocycles. The molecule has 22 heavy (non-hydrogen) atoms. The molecule has 4 nitrogen and oxygen atoms in total. The van der Waals surface area contributed by atoms with Gasteiger partial charge in [0.15, 0.2) is 0 Å². The monoisotopic (exact) mass is 308 g/mol. The fourth-order valence-corrected chi connectivity index (χ4v) is 4.71. The zero-order chi connectivity index (χ0) is 15.5. The van der Waals surface area contributed by atoms with Crippen molar-refractivity contribution in [1.82, 2.24) is 9.80 Å². The third-order valence-electron chi connectivity index (χ3n) is 6.32. The van der Waals surface area contributed by atoms with Gasteiger partial charge in [0.25, 0.3) is 5.91 Å². The summed E-state index contributed by atoms with van der Waals surface area (Å²) in [6.45, 7) is 4.14. The van der Waals surface area contributed by atoms with Gasteiger partial charge in [0.1, 0.15) is 6.10 Å². The average Bonchev–Trinajstić information content (AvgIpc) is 3.05. The Bertz CT molecular complexity index is 373. The Morgan fingerprint density at radius 3 is 2.27 bits per heavy atom. The number of aliphatic hydroxyl groups is 1. The number of piperidine rings is 1. The summed E-state index contributed by atoms with van der Waals surface area (Å²) >= 11 is 0. The Morgan fingerprint density at radius 1 is 0.955 bits per heavy atom. The molecule has 0 bridgehead atoms. The summed E-state index contributed by atoms with van der Waals surface area (Å²) in [7, 11) is 2.20. The standard InChI is InChI=1S/C18H32N2O2/c1-19-10-7-14(8-11-19)16-9-12-20(13-16)18(22)17(21)15-5-3-2-4-6-15/h14-17,21H,2-13H2,1H3. The summed E-state index contributed by atoms with van der Waals surface area (Å²) < 4.78 is 0. The second kappa shape index (κ2) is 7.31. The maximum absolute atomic E-state index is 12.6. The minimum absolute atomic E-state index is 0.0160. The van der Waals surface area contributed by atoms with Gasteiger partial charge in [-0.2, -0.15) is 0 Å². The third-order valence-corrected chi connectivity index (χ3v) is 6.32. The van der Waals surface area contributed by atoms with Gasteiger partial charge in [0.05, 0.1) is 0 Å². The van der Waals surface area contributed by atoms with E-state index in [0.717, 1.165) is 38.3 Å². The molecule has 2 saturated heterocycles. The van der Waals surface area contributed by atoms with Crippen molar-refractivity contribution >= 4 is 5.91 Å². The molecule has 2 atom stereocenters. The molecule has 3 fully saturated rings. The van der Waals surface area contributed by atoms with Crippen LogP contribution in [0.2, 0.25) is 0 Å². The molecule has 1 saturated carbocycles. The first-order valence-corrected chi connectivity index (χ1v) is 9.30. The highest BCUT2D eigenvalue weighted by molar-refractivity contribution is 5.81. The molecule has 2 unspecified atom stereocenters. The van der Waals surface area contributed by atoms with Crippen molar-refractivity contribution in [3.8, 4) is 0 Å². The van der Waals surface area contributed by atoms with Gasteiger partial charge in [-0.1, -0.05) is 19.3 Å². The first kappa shape index (κ1) is 16.3. The van der Waals surface area contributed by atoms with Crippen molar-refractivity contribution in [2.45, 2.75) is 57.5 Å². The van der Waals surface area contributed by atoms with E-state index < -0.39 is 6.10 Å². The van der Waals surface area contributed by atoms with Crippen LogP contribution >= 0.6 is 0 Å². The molecule has 2 heterocycles. The summed E-state index contributed by atoms with van der Waals surface area (Å²) in [5, 5.41) is 10.4. The van der Waals surface area contributed by atoms with Crippen LogP contribution in [0.15, 0.2) is 0 Å². The lowest BCUT2D eigenvalue weighted by Crippen LogP contribution is -2.42. The van der Waals surface area contributed by atoms with Gasteiger partial charge >= 0.3 is 0 Å². The first-order valence-electron chi connectivity index (χ1n) is 9.30. The number of carbonyl (C=O) groups is 1. The van der Waals surface area contributed by atoms with Gasteiger partial charge in [0, 0.05) is 13.1 Å². The Morgan fingerprint density at radius 2 is 1.59 bits per heavy atom. The fourth-order valence-electron chi connectivity index (χ4n) is 4.71. The molecule has 1 amide bonds. The zero-order valence-electron chi connectivity index (χ0n) is 14.0. The number of hydrogen-bond donors (Lipinski definition) is 1. The lowest BCUT2D eigenvalue weighted by Gasteiger charge is -2.33. The largest absolute Gasteiger partial charge is 0.383 e. The summed E-state index contributed by atoms with van der Waals surface area (Å²) in [5.74, 6) is 1.67. The quantitative estimate of drug-likeness (QED) is 0.868. The molecule has 0 radical (unpaired) electrons. The molecular formula is C18H32N2O2. The Kier molecular flexibility index (Phi) is 5.40. The number of aliphatic hydroxyl groups excluding tert-OH is 1. The molecule has 0 aromatic carbocycles. The van der Waals surface area contributed by atoms with Crippen LogP contribution in [0.1, 0.15) is 51.4 Å². The predicted molar refractivity (Wildman–Crippen MR) is 87.5 cm³/mol. The van der Waals surface area contributed by atoms with Crippen molar-refractivity contribution in [3.63, 3.8) is 0 Å². The Balaban J connectivity index is 1.50. The van der Waals surface area contributed by atoms with E-state index in [-0.39, 0.29) is 11.8 Å². The molecule has 1 N–H and O–H groups in total. The summed E-state index contributed by atoms with van der Waals surface area (Å²) in [5.41, 5.74) is 0. The highest BCUT2D eigenvalue weighted by atomic mass is 16.3. The van der Waals surface area contributed by atoms with Gasteiger partial charge in [0.2, 0.25) is 0 Å². The van der Waals surface area contributed by atoms with Gasteiger partial charge in [-0.05, 0) is 70.0 Å². The summed E-state index contributed by atoms with van der Waals surface area (Å²) in [6, 6.07) is 0. The lowest BCUT2D eigenvalue weighted by atomic mass is 9.83. The number of rotatable bonds is 3. The van der Waals surface area contributed by atoms with Crippen molar-refractivity contribution < 1.29 is 9.90 Å². The summed E-state index contributed by atoms with van der Waals surface area (Å²) in [4.78, 5) is 17.0. The lowest BCUT2D eigenvalue weighted by molar-refractivity contribution is -0.142. The van der Waals surface area contributed by atoms with Gasteiger partial charge in [-0.25, -0.2) is 0 Å². The molecule has 2 aliphatic heterocycles. The number of likely N-dealkylation sites (tertiary alicyclic amines) is 2. The SMILES string of the molecule is CN1CCC(C2CCN(C(=O)C(O)C3CCCCC3)C2)CC1. The molecule has 4 heteroatoms. The van der Waals surface area contributed by atoms with E-state index in [1.807, 2.05) is 4.90 Å². The number of carbonyl (C=O) groups excluding carboxylic acids is 1. The number of nitrogens with zero attached hydrogens (tertiary/aromatic N) is 2. The Hall–Kier alpha value is -0.610. The second-order valence-corrected chi connectivity index (χ2v) is 7.82. The van der Waals surface area contributed by atoms with Crippen LogP contribution in [0, 0.1) is 17.8 Å². The molecule has 126 valence electrons. The summed E-state index contributed by atoms with van der Waals surface area (Å²) in [6.07, 6.45) is 8.61. The highest BCUT2D eigenvalue weighted by Crippen LogP contribution is 2.33. The number of hydrogen-bond acceptors (Lipinski definition) is 3. The van der Waals surface area contributed by atoms with E-state index in [4.69, 9.17) is 0 Å². The third kappa shape index (κ3) is 3.65. The minimum atomic E-state index is -0.739. The smallest absolute Gasteiger partial charge is 0.251 e. The van der Waals surface area contributed by atoms with Gasteiger partial charge in [-0.3, -0.25) is 4.79 Å². The molecule has 0 spiro atoms. The minimum Gasteiger partial charge on any atom is -0.383 e. The topological polar surface area (TPSA) is 43.8 Å². The van der Waals surface area contributed by atoms with Crippen LogP contribution in [0.25, 0.3) is 0 Å². The van der Waals surface area contributed by atoms with Crippen molar-refractivity contribution in [2.24, 2.45) is 17.8 Å². The van der Waals surface area contributed by atoms with Crippen LogP contribution in [-0.2, 0) is 4.79 Å². The van der Waals surface area contributed by atoms with Crippen molar-refractivity contribution in [2.75, 3.05) is 33.2 Å². The van der Waals surface area contributed by atoms with E-state index in [0.29, 0.717) is 5.92 Å². The van der Waals surface area contributed by atoms with Crippen molar-refractivity contribution in [3.05, 3.63) is 0 Å².